The fourth-order valence-corrected chi connectivity index (χ4v) is 2.42. The average Bonchev–Trinajstić information content (AvgIpc) is 2.42. The van der Waals surface area contributed by atoms with Crippen LogP contribution in [-0.4, -0.2) is 26.5 Å². The minimum atomic E-state index is 0.289. The largest absolute Gasteiger partial charge is 0.369 e. The number of hydrogen-bond donors (Lipinski definition) is 1. The number of nitrogens with zero attached hydrogens (tertiary/aromatic N) is 4. The summed E-state index contributed by atoms with van der Waals surface area (Å²) in [4.78, 5) is 17.4. The highest BCUT2D eigenvalue weighted by atomic mass is 79.9. The minimum absolute atomic E-state index is 0.289. The predicted molar refractivity (Wildman–Crippen MR) is 79.0 cm³/mol. The minimum Gasteiger partial charge on any atom is -0.369 e. The second-order valence-electron chi connectivity index (χ2n) is 4.35. The Hall–Kier alpha value is -1.56. The van der Waals surface area contributed by atoms with Gasteiger partial charge in [-0.15, -0.1) is 0 Å². The molecular formula is C13H16BrN5. The SMILES string of the molecule is CCNc1nc(-c2ncccn2)nc(C(C)C)c1Br. The molecule has 2 heterocycles. The summed E-state index contributed by atoms with van der Waals surface area (Å²) < 4.78 is 0.907. The molecular weight excluding hydrogens is 306 g/mol. The maximum atomic E-state index is 4.56. The number of hydrogen-bond acceptors (Lipinski definition) is 5. The van der Waals surface area contributed by atoms with Crippen LogP contribution in [0, 0.1) is 0 Å². The van der Waals surface area contributed by atoms with Crippen molar-refractivity contribution in [3.8, 4) is 11.6 Å². The van der Waals surface area contributed by atoms with Gasteiger partial charge in [0.05, 0.1) is 10.2 Å². The molecule has 2 aromatic heterocycles. The van der Waals surface area contributed by atoms with Gasteiger partial charge in [0, 0.05) is 18.9 Å². The van der Waals surface area contributed by atoms with Gasteiger partial charge in [-0.05, 0) is 34.8 Å². The Kier molecular flexibility index (Phi) is 4.42. The molecule has 0 aliphatic carbocycles. The van der Waals surface area contributed by atoms with Gasteiger partial charge in [-0.2, -0.15) is 0 Å². The molecule has 0 unspecified atom stereocenters. The monoisotopic (exact) mass is 321 g/mol. The van der Waals surface area contributed by atoms with Crippen LogP contribution in [0.4, 0.5) is 5.82 Å². The van der Waals surface area contributed by atoms with Crippen LogP contribution in [0.15, 0.2) is 22.9 Å². The molecule has 19 heavy (non-hydrogen) atoms. The van der Waals surface area contributed by atoms with E-state index in [4.69, 9.17) is 0 Å². The smallest absolute Gasteiger partial charge is 0.200 e. The highest BCUT2D eigenvalue weighted by molar-refractivity contribution is 9.10. The summed E-state index contributed by atoms with van der Waals surface area (Å²) >= 11 is 3.56. The van der Waals surface area contributed by atoms with E-state index in [-0.39, 0.29) is 5.92 Å². The van der Waals surface area contributed by atoms with Gasteiger partial charge < -0.3 is 5.32 Å². The van der Waals surface area contributed by atoms with Crippen LogP contribution in [-0.2, 0) is 0 Å². The maximum absolute atomic E-state index is 4.56. The molecule has 0 fully saturated rings. The Morgan fingerprint density at radius 3 is 2.42 bits per heavy atom. The molecule has 0 spiro atoms. The van der Waals surface area contributed by atoms with Crippen LogP contribution in [0.3, 0.4) is 0 Å². The zero-order chi connectivity index (χ0) is 13.8. The Morgan fingerprint density at radius 1 is 1.16 bits per heavy atom. The van der Waals surface area contributed by atoms with Crippen molar-refractivity contribution >= 4 is 21.7 Å². The number of aromatic nitrogens is 4. The highest BCUT2D eigenvalue weighted by Crippen LogP contribution is 2.30. The molecule has 100 valence electrons. The lowest BCUT2D eigenvalue weighted by atomic mass is 10.1. The van der Waals surface area contributed by atoms with E-state index >= 15 is 0 Å². The molecule has 0 aliphatic rings. The third kappa shape index (κ3) is 3.07. The second kappa shape index (κ2) is 6.06. The second-order valence-corrected chi connectivity index (χ2v) is 5.15. The third-order valence-corrected chi connectivity index (χ3v) is 3.32. The molecule has 0 amide bonds. The van der Waals surface area contributed by atoms with Crippen molar-refractivity contribution in [2.75, 3.05) is 11.9 Å². The Morgan fingerprint density at radius 2 is 1.84 bits per heavy atom. The third-order valence-electron chi connectivity index (χ3n) is 2.53. The van der Waals surface area contributed by atoms with E-state index in [1.165, 1.54) is 0 Å². The topological polar surface area (TPSA) is 63.6 Å². The molecule has 0 radical (unpaired) electrons. The van der Waals surface area contributed by atoms with Crippen molar-refractivity contribution in [2.24, 2.45) is 0 Å². The van der Waals surface area contributed by atoms with Gasteiger partial charge in [-0.1, -0.05) is 13.8 Å². The summed E-state index contributed by atoms with van der Waals surface area (Å²) in [6.45, 7) is 7.02. The fourth-order valence-electron chi connectivity index (χ4n) is 1.65. The summed E-state index contributed by atoms with van der Waals surface area (Å²) in [6.07, 6.45) is 3.38. The van der Waals surface area contributed by atoms with Gasteiger partial charge in [0.25, 0.3) is 0 Å². The van der Waals surface area contributed by atoms with Crippen LogP contribution >= 0.6 is 15.9 Å². The van der Waals surface area contributed by atoms with E-state index in [1.807, 2.05) is 6.92 Å². The lowest BCUT2D eigenvalue weighted by Gasteiger charge is -2.13. The molecule has 0 aromatic carbocycles. The Labute approximate surface area is 121 Å². The van der Waals surface area contributed by atoms with Crippen LogP contribution in [0.2, 0.25) is 0 Å². The van der Waals surface area contributed by atoms with Gasteiger partial charge in [-0.25, -0.2) is 19.9 Å². The molecule has 2 rings (SSSR count). The summed E-state index contributed by atoms with van der Waals surface area (Å²) in [7, 11) is 0. The predicted octanol–water partition coefficient (Wildman–Crippen LogP) is 3.25. The van der Waals surface area contributed by atoms with Crippen molar-refractivity contribution in [3.63, 3.8) is 0 Å². The van der Waals surface area contributed by atoms with Gasteiger partial charge in [-0.3, -0.25) is 0 Å². The zero-order valence-corrected chi connectivity index (χ0v) is 12.8. The van der Waals surface area contributed by atoms with Gasteiger partial charge in [0.1, 0.15) is 5.82 Å². The van der Waals surface area contributed by atoms with Gasteiger partial charge in [0.15, 0.2) is 11.6 Å². The standard InChI is InChI=1S/C13H16BrN5/c1-4-15-11-9(14)10(8(2)3)18-13(19-11)12-16-6-5-7-17-12/h5-8H,4H2,1-3H3,(H,15,18,19). The van der Waals surface area contributed by atoms with E-state index in [9.17, 15) is 0 Å². The molecule has 5 nitrogen and oxygen atoms in total. The molecule has 6 heteroatoms. The summed E-state index contributed by atoms with van der Waals surface area (Å²) in [5.74, 6) is 2.15. The molecule has 0 aliphatic heterocycles. The van der Waals surface area contributed by atoms with Gasteiger partial charge >= 0.3 is 0 Å². The van der Waals surface area contributed by atoms with E-state index in [0.29, 0.717) is 11.6 Å². The van der Waals surface area contributed by atoms with Crippen LogP contribution in [0.5, 0.6) is 0 Å². The summed E-state index contributed by atoms with van der Waals surface area (Å²) in [5, 5.41) is 3.23. The maximum Gasteiger partial charge on any atom is 0.200 e. The fraction of sp³-hybridized carbons (Fsp3) is 0.385. The van der Waals surface area contributed by atoms with Crippen molar-refractivity contribution in [3.05, 3.63) is 28.6 Å². The zero-order valence-electron chi connectivity index (χ0n) is 11.2. The lowest BCUT2D eigenvalue weighted by Crippen LogP contribution is -2.08. The first kappa shape index (κ1) is 13.9. The number of rotatable bonds is 4. The first-order valence-electron chi connectivity index (χ1n) is 6.22. The van der Waals surface area contributed by atoms with Crippen LogP contribution in [0.25, 0.3) is 11.6 Å². The number of anilines is 1. The van der Waals surface area contributed by atoms with Crippen molar-refractivity contribution in [1.82, 2.24) is 19.9 Å². The normalized spacial score (nSPS) is 10.8. The Bertz CT molecular complexity index is 556. The molecule has 0 saturated carbocycles. The first-order valence-corrected chi connectivity index (χ1v) is 7.01. The van der Waals surface area contributed by atoms with Crippen LogP contribution < -0.4 is 5.32 Å². The van der Waals surface area contributed by atoms with Crippen molar-refractivity contribution in [1.29, 1.82) is 0 Å². The van der Waals surface area contributed by atoms with Crippen LogP contribution in [0.1, 0.15) is 32.4 Å². The van der Waals surface area contributed by atoms with Crippen molar-refractivity contribution < 1.29 is 0 Å². The van der Waals surface area contributed by atoms with Gasteiger partial charge in [0.2, 0.25) is 0 Å². The molecule has 0 atom stereocenters. The van der Waals surface area contributed by atoms with E-state index in [1.54, 1.807) is 18.5 Å². The van der Waals surface area contributed by atoms with E-state index in [2.05, 4.69) is 55.0 Å². The summed E-state index contributed by atoms with van der Waals surface area (Å²) in [5.41, 5.74) is 0.952. The molecule has 1 N–H and O–H groups in total. The lowest BCUT2D eigenvalue weighted by molar-refractivity contribution is 0.807. The molecule has 0 saturated heterocycles. The quantitative estimate of drug-likeness (QED) is 0.936. The van der Waals surface area contributed by atoms with E-state index < -0.39 is 0 Å². The number of nitrogens with one attached hydrogen (secondary N) is 1. The van der Waals surface area contributed by atoms with E-state index in [0.717, 1.165) is 22.5 Å². The summed E-state index contributed by atoms with van der Waals surface area (Å²) in [6, 6.07) is 1.77. The average molecular weight is 322 g/mol. The molecule has 2 aromatic rings. The first-order chi connectivity index (χ1) is 9.13. The molecule has 0 bridgehead atoms. The number of halogens is 1. The van der Waals surface area contributed by atoms with Crippen molar-refractivity contribution in [2.45, 2.75) is 26.7 Å². The highest BCUT2D eigenvalue weighted by Gasteiger charge is 2.16. The Balaban J connectivity index is 2.56.